The molecule has 0 aliphatic heterocycles. The minimum atomic E-state index is -1.12. The summed E-state index contributed by atoms with van der Waals surface area (Å²) in [6.45, 7) is 15.6. The number of H-pyrrole nitrogens is 1. The molecule has 4 heterocycles. The molecule has 0 aromatic carbocycles. The molecule has 226 valence electrons. The largest absolute Gasteiger partial charge is 0.359 e. The number of fused-ring (bicyclic) bond motifs is 2. The van der Waals surface area contributed by atoms with E-state index in [0.29, 0.717) is 44.5 Å². The number of aromatic nitrogens is 8. The van der Waals surface area contributed by atoms with Crippen molar-refractivity contribution in [2.24, 2.45) is 7.05 Å². The Balaban J connectivity index is 0.000000226. The molecule has 12 nitrogen and oxygen atoms in total. The molecule has 18 heteroatoms. The first kappa shape index (κ1) is 34.1. The van der Waals surface area contributed by atoms with Crippen LogP contribution in [0.15, 0.2) is 18.8 Å². The standard InChI is InChI=1S/C12H18BrClN4O2Si.C11H16BrClN4O2Si/c1-17-11(19)8-9(13)16-18(10(8)15-12(17)14)7-20-5-6-21(2,3)4;1-20(2,3)5-4-19-6-17-9-7(8(12)16-17)10(18)15-11(13)14-9/h5-7H2,1-4H3;4-6H2,1-3H3,(H,14,15,18). The Labute approximate surface area is 266 Å². The van der Waals surface area contributed by atoms with Gasteiger partial charge >= 0.3 is 0 Å². The van der Waals surface area contributed by atoms with Crippen molar-refractivity contribution in [2.45, 2.75) is 64.8 Å². The van der Waals surface area contributed by atoms with Gasteiger partial charge in [0.15, 0.2) is 11.3 Å². The number of halogens is 4. The average molecular weight is 773 g/mol. The van der Waals surface area contributed by atoms with Gasteiger partial charge in [0.1, 0.15) is 33.4 Å². The summed E-state index contributed by atoms with van der Waals surface area (Å²) in [6, 6.07) is 2.14. The molecule has 0 saturated carbocycles. The second-order valence-corrected chi connectivity index (χ2v) is 25.2. The lowest BCUT2D eigenvalue weighted by Crippen LogP contribution is -2.22. The Morgan fingerprint density at radius 1 is 0.805 bits per heavy atom. The van der Waals surface area contributed by atoms with Crippen LogP contribution in [0.4, 0.5) is 0 Å². The topological polar surface area (TPSA) is 135 Å². The van der Waals surface area contributed by atoms with Crippen LogP contribution in [0, 0.1) is 0 Å². The molecule has 0 aliphatic carbocycles. The molecule has 0 fully saturated rings. The van der Waals surface area contributed by atoms with E-state index in [4.69, 9.17) is 32.7 Å². The lowest BCUT2D eigenvalue weighted by molar-refractivity contribution is 0.0809. The molecule has 0 unspecified atom stereocenters. The van der Waals surface area contributed by atoms with Gasteiger partial charge < -0.3 is 9.47 Å². The van der Waals surface area contributed by atoms with E-state index in [1.165, 1.54) is 9.25 Å². The van der Waals surface area contributed by atoms with Gasteiger partial charge in [-0.1, -0.05) is 39.3 Å². The molecule has 0 saturated heterocycles. The third-order valence-electron chi connectivity index (χ3n) is 5.83. The number of aromatic amines is 1. The molecule has 0 bridgehead atoms. The summed E-state index contributed by atoms with van der Waals surface area (Å²) < 4.78 is 16.5. The summed E-state index contributed by atoms with van der Waals surface area (Å²) in [5.74, 6) is 0. The number of nitrogens with one attached hydrogen (secondary N) is 1. The van der Waals surface area contributed by atoms with E-state index >= 15 is 0 Å². The zero-order valence-corrected chi connectivity index (χ0v) is 30.7. The molecule has 0 atom stereocenters. The number of rotatable bonds is 10. The van der Waals surface area contributed by atoms with Crippen molar-refractivity contribution in [1.82, 2.24) is 39.1 Å². The van der Waals surface area contributed by atoms with Crippen LogP contribution in [-0.4, -0.2) is 68.4 Å². The van der Waals surface area contributed by atoms with Crippen LogP contribution in [0.3, 0.4) is 0 Å². The molecule has 4 rings (SSSR count). The first-order valence-corrected chi connectivity index (χ1v) is 22.5. The van der Waals surface area contributed by atoms with Crippen LogP contribution in [0.5, 0.6) is 0 Å². The zero-order chi connectivity index (χ0) is 30.7. The van der Waals surface area contributed by atoms with Gasteiger partial charge in [0.05, 0.1) is 0 Å². The average Bonchev–Trinajstić information content (AvgIpc) is 3.33. The molecule has 0 aliphatic rings. The highest BCUT2D eigenvalue weighted by atomic mass is 79.9. The van der Waals surface area contributed by atoms with Gasteiger partial charge in [-0.2, -0.15) is 20.2 Å². The number of hydrogen-bond donors (Lipinski definition) is 1. The number of ether oxygens (including phenoxy) is 2. The smallest absolute Gasteiger partial charge is 0.266 e. The van der Waals surface area contributed by atoms with Crippen LogP contribution in [0.2, 0.25) is 61.9 Å². The van der Waals surface area contributed by atoms with E-state index in [2.05, 4.69) is 96.3 Å². The molecule has 0 radical (unpaired) electrons. The maximum absolute atomic E-state index is 12.2. The van der Waals surface area contributed by atoms with Crippen molar-refractivity contribution in [3.63, 3.8) is 0 Å². The molecular weight excluding hydrogens is 739 g/mol. The third kappa shape index (κ3) is 9.29. The van der Waals surface area contributed by atoms with Crippen molar-refractivity contribution in [3.05, 3.63) is 40.5 Å². The predicted octanol–water partition coefficient (Wildman–Crippen LogP) is 5.71. The fraction of sp³-hybridized carbons (Fsp3) is 0.565. The highest BCUT2D eigenvalue weighted by Crippen LogP contribution is 2.21. The summed E-state index contributed by atoms with van der Waals surface area (Å²) in [7, 11) is -0.666. The summed E-state index contributed by atoms with van der Waals surface area (Å²) in [5.41, 5.74) is 0.298. The molecule has 4 aromatic rings. The lowest BCUT2D eigenvalue weighted by atomic mass is 10.4. The van der Waals surface area contributed by atoms with E-state index in [-0.39, 0.29) is 35.1 Å². The Morgan fingerprint density at radius 2 is 1.27 bits per heavy atom. The SMILES string of the molecule is C[Si](C)(C)CCOCn1nc(Br)c2c(=O)[nH]c(Cl)nc21.Cn1c(Cl)nc2c(c(Br)nn2COCC[Si](C)(C)C)c1=O. The van der Waals surface area contributed by atoms with Gasteiger partial charge in [0.2, 0.25) is 10.6 Å². The van der Waals surface area contributed by atoms with Crippen LogP contribution < -0.4 is 11.1 Å². The zero-order valence-electron chi connectivity index (χ0n) is 24.0. The van der Waals surface area contributed by atoms with Crippen LogP contribution >= 0.6 is 55.1 Å². The van der Waals surface area contributed by atoms with Gasteiger partial charge in [-0.25, -0.2) is 9.36 Å². The highest BCUT2D eigenvalue weighted by molar-refractivity contribution is 9.10. The van der Waals surface area contributed by atoms with E-state index in [1.54, 1.807) is 11.7 Å². The normalized spacial score (nSPS) is 12.3. The van der Waals surface area contributed by atoms with Crippen molar-refractivity contribution >= 4 is 93.3 Å². The van der Waals surface area contributed by atoms with Gasteiger partial charge in [-0.15, -0.1) is 0 Å². The molecule has 41 heavy (non-hydrogen) atoms. The van der Waals surface area contributed by atoms with Crippen LogP contribution in [0.25, 0.3) is 22.1 Å². The second-order valence-electron chi connectivity index (χ2n) is 11.8. The van der Waals surface area contributed by atoms with Gasteiger partial charge in [0, 0.05) is 36.4 Å². The van der Waals surface area contributed by atoms with Crippen molar-refractivity contribution in [1.29, 1.82) is 0 Å². The molecule has 1 N–H and O–H groups in total. The van der Waals surface area contributed by atoms with E-state index in [9.17, 15) is 9.59 Å². The predicted molar refractivity (Wildman–Crippen MR) is 175 cm³/mol. The molecule has 0 amide bonds. The molecule has 4 aromatic heterocycles. The summed E-state index contributed by atoms with van der Waals surface area (Å²) >= 11 is 18.3. The number of nitrogens with zero attached hydrogens (tertiary/aromatic N) is 7. The third-order valence-corrected chi connectivity index (χ3v) is 10.9. The number of hydrogen-bond acceptors (Lipinski definition) is 8. The molecule has 0 spiro atoms. The van der Waals surface area contributed by atoms with Crippen molar-refractivity contribution in [2.75, 3.05) is 13.2 Å². The minimum absolute atomic E-state index is 0.0400. The summed E-state index contributed by atoms with van der Waals surface area (Å²) in [5, 5.41) is 9.41. The lowest BCUT2D eigenvalue weighted by Gasteiger charge is -2.15. The quantitative estimate of drug-likeness (QED) is 0.123. The van der Waals surface area contributed by atoms with Gasteiger partial charge in [0.25, 0.3) is 11.1 Å². The first-order valence-electron chi connectivity index (χ1n) is 12.7. The van der Waals surface area contributed by atoms with Crippen molar-refractivity contribution in [3.8, 4) is 0 Å². The summed E-state index contributed by atoms with van der Waals surface area (Å²) in [4.78, 5) is 34.7. The monoisotopic (exact) mass is 770 g/mol. The Kier molecular flexibility index (Phi) is 11.6. The van der Waals surface area contributed by atoms with E-state index in [1.807, 2.05) is 0 Å². The maximum Gasteiger partial charge on any atom is 0.266 e. The summed E-state index contributed by atoms with van der Waals surface area (Å²) in [6.07, 6.45) is 0. The van der Waals surface area contributed by atoms with E-state index in [0.717, 1.165) is 12.1 Å². The second kappa shape index (κ2) is 13.9. The molecular formula is C23H34Br2Cl2N8O4Si2. The van der Waals surface area contributed by atoms with E-state index < -0.39 is 16.1 Å². The minimum Gasteiger partial charge on any atom is -0.359 e. The Morgan fingerprint density at radius 3 is 1.76 bits per heavy atom. The van der Waals surface area contributed by atoms with Crippen molar-refractivity contribution < 1.29 is 9.47 Å². The first-order chi connectivity index (χ1) is 19.0. The fourth-order valence-corrected chi connectivity index (χ4v) is 6.31. The highest BCUT2D eigenvalue weighted by Gasteiger charge is 2.18. The van der Waals surface area contributed by atoms with Gasteiger partial charge in [-0.3, -0.25) is 19.1 Å². The Hall–Kier alpha value is -1.41. The fourth-order valence-electron chi connectivity index (χ4n) is 3.39. The van der Waals surface area contributed by atoms with Crippen LogP contribution in [-0.2, 0) is 30.0 Å². The van der Waals surface area contributed by atoms with Crippen LogP contribution in [0.1, 0.15) is 0 Å². The van der Waals surface area contributed by atoms with Gasteiger partial charge in [-0.05, 0) is 67.1 Å². The maximum atomic E-state index is 12.2. The Bertz CT molecular complexity index is 1640.